The van der Waals surface area contributed by atoms with Gasteiger partial charge < -0.3 is 23.7 Å². The number of pyridine rings is 1. The molecule has 10 nitrogen and oxygen atoms in total. The molecular weight excluding hydrogens is 452 g/mol. The Labute approximate surface area is 202 Å². The highest BCUT2D eigenvalue weighted by molar-refractivity contribution is 6.08. The summed E-state index contributed by atoms with van der Waals surface area (Å²) < 4.78 is 29.2. The molecule has 0 amide bonds. The lowest BCUT2D eigenvalue weighted by Gasteiger charge is -2.18. The smallest absolute Gasteiger partial charge is 0.340 e. The number of H-pyrrole nitrogens is 1. The van der Waals surface area contributed by atoms with Crippen LogP contribution < -0.4 is 23.6 Å². The Morgan fingerprint density at radius 3 is 2.26 bits per heavy atom. The molecule has 2 heterocycles. The number of nitrogens with one attached hydrogen (secondary N) is 1. The van der Waals surface area contributed by atoms with Gasteiger partial charge in [0, 0.05) is 17.0 Å². The second-order valence-electron chi connectivity index (χ2n) is 7.47. The molecule has 0 atom stereocenters. The van der Waals surface area contributed by atoms with E-state index in [2.05, 4.69) is 10.1 Å². The molecule has 182 valence electrons. The maximum atomic E-state index is 13.4. The van der Waals surface area contributed by atoms with Gasteiger partial charge in [-0.1, -0.05) is 6.07 Å². The third-order valence-corrected chi connectivity index (χ3v) is 5.54. The maximum Gasteiger partial charge on any atom is 0.340 e. The minimum Gasteiger partial charge on any atom is -0.493 e. The van der Waals surface area contributed by atoms with E-state index < -0.39 is 5.97 Å². The van der Waals surface area contributed by atoms with Crippen molar-refractivity contribution in [3.8, 4) is 34.1 Å². The van der Waals surface area contributed by atoms with Crippen LogP contribution in [0.2, 0.25) is 0 Å². The number of ether oxygens (including phenoxy) is 5. The summed E-state index contributed by atoms with van der Waals surface area (Å²) in [5.74, 6) is 1.63. The number of benzene rings is 2. The van der Waals surface area contributed by atoms with Gasteiger partial charge in [0.05, 0.1) is 51.8 Å². The van der Waals surface area contributed by atoms with Crippen molar-refractivity contribution < 1.29 is 33.2 Å². The predicted octanol–water partition coefficient (Wildman–Crippen LogP) is 3.17. The lowest BCUT2D eigenvalue weighted by molar-refractivity contribution is -0.743. The Kier molecular flexibility index (Phi) is 7.00. The van der Waals surface area contributed by atoms with Crippen molar-refractivity contribution in [2.75, 3.05) is 35.0 Å². The molecule has 0 saturated carbocycles. The molecule has 2 aromatic carbocycles. The Morgan fingerprint density at radius 2 is 1.63 bits per heavy atom. The normalized spacial score (nSPS) is 10.8. The van der Waals surface area contributed by atoms with Crippen molar-refractivity contribution in [2.45, 2.75) is 13.5 Å². The highest BCUT2D eigenvalue weighted by Crippen LogP contribution is 2.41. The van der Waals surface area contributed by atoms with E-state index in [1.807, 2.05) is 18.2 Å². The van der Waals surface area contributed by atoms with Crippen LogP contribution in [-0.2, 0) is 11.3 Å². The van der Waals surface area contributed by atoms with Crippen LogP contribution in [-0.4, -0.2) is 56.1 Å². The molecule has 0 aliphatic heterocycles. The number of esters is 1. The summed E-state index contributed by atoms with van der Waals surface area (Å²) in [6.45, 7) is 2.24. The summed E-state index contributed by atoms with van der Waals surface area (Å²) in [5, 5.41) is 3.69. The third kappa shape index (κ3) is 4.54. The molecular formula is C25H27N4O6+. The molecule has 0 unspecified atom stereocenters. The number of fused-ring (bicyclic) bond motifs is 1. The van der Waals surface area contributed by atoms with Crippen LogP contribution in [0.1, 0.15) is 23.0 Å². The minimum atomic E-state index is -0.489. The van der Waals surface area contributed by atoms with Gasteiger partial charge in [0.25, 0.3) is 0 Å². The number of rotatable bonds is 9. The number of carbonyl (C=O) groups excluding carboxylic acids is 1. The molecule has 1 N–H and O–H groups in total. The number of hydrogen-bond acceptors (Lipinski definition) is 8. The van der Waals surface area contributed by atoms with Gasteiger partial charge in [-0.15, -0.1) is 0 Å². The van der Waals surface area contributed by atoms with Gasteiger partial charge in [0.2, 0.25) is 6.33 Å². The Balaban J connectivity index is 2.11. The first kappa shape index (κ1) is 23.8. The van der Waals surface area contributed by atoms with Crippen LogP contribution in [0.3, 0.4) is 0 Å². The van der Waals surface area contributed by atoms with Gasteiger partial charge in [-0.05, 0) is 35.7 Å². The van der Waals surface area contributed by atoms with Crippen LogP contribution in [0.4, 0.5) is 0 Å². The standard InChI is InChI=1S/C25H26N4O6/c1-6-35-25(30)24-18(12-29-14-26-13-27-29)28-17-11-22(34-5)21(33-4)10-16(17)23(24)15-7-8-19(31-2)20(9-15)32-3/h7-11,13-14H,6,12H2,1-5H3/p+1. The molecule has 35 heavy (non-hydrogen) atoms. The predicted molar refractivity (Wildman–Crippen MR) is 127 cm³/mol. The summed E-state index contributed by atoms with van der Waals surface area (Å²) in [6, 6.07) is 9.07. The van der Waals surface area contributed by atoms with Crippen molar-refractivity contribution >= 4 is 16.9 Å². The highest BCUT2D eigenvalue weighted by Gasteiger charge is 2.27. The summed E-state index contributed by atoms with van der Waals surface area (Å²) in [7, 11) is 6.25. The first-order chi connectivity index (χ1) is 17.0. The van der Waals surface area contributed by atoms with E-state index in [0.29, 0.717) is 50.7 Å². The zero-order chi connectivity index (χ0) is 24.9. The fourth-order valence-corrected chi connectivity index (χ4v) is 3.97. The first-order valence-electron chi connectivity index (χ1n) is 10.9. The van der Waals surface area contributed by atoms with Crippen LogP contribution in [0, 0.1) is 0 Å². The number of aromatic amines is 1. The molecule has 4 rings (SSSR count). The topological polar surface area (TPSA) is 109 Å². The van der Waals surface area contributed by atoms with Crippen molar-refractivity contribution in [3.05, 3.63) is 54.2 Å². The lowest BCUT2D eigenvalue weighted by Crippen LogP contribution is -2.36. The Bertz CT molecular complexity index is 1350. The van der Waals surface area contributed by atoms with E-state index in [1.165, 1.54) is 0 Å². The maximum absolute atomic E-state index is 13.4. The molecule has 0 aliphatic rings. The number of methoxy groups -OCH3 is 4. The van der Waals surface area contributed by atoms with Crippen LogP contribution >= 0.6 is 0 Å². The van der Waals surface area contributed by atoms with Crippen molar-refractivity contribution in [2.24, 2.45) is 0 Å². The number of hydrogen-bond donors (Lipinski definition) is 1. The van der Waals surface area contributed by atoms with Crippen molar-refractivity contribution in [3.63, 3.8) is 0 Å². The largest absolute Gasteiger partial charge is 0.493 e. The number of nitrogens with zero attached hydrogens (tertiary/aromatic N) is 3. The molecule has 0 bridgehead atoms. The molecule has 0 fully saturated rings. The lowest BCUT2D eigenvalue weighted by atomic mass is 9.93. The Hall–Kier alpha value is -4.34. The molecule has 0 saturated heterocycles. The van der Waals surface area contributed by atoms with Gasteiger partial charge in [-0.3, -0.25) is 0 Å². The summed E-state index contributed by atoms with van der Waals surface area (Å²) in [4.78, 5) is 22.3. The summed E-state index contributed by atoms with van der Waals surface area (Å²) in [6.07, 6.45) is 3.17. The monoisotopic (exact) mass is 479 g/mol. The minimum absolute atomic E-state index is 0.213. The zero-order valence-electron chi connectivity index (χ0n) is 20.2. The van der Waals surface area contributed by atoms with Crippen LogP contribution in [0.5, 0.6) is 23.0 Å². The fourth-order valence-electron chi connectivity index (χ4n) is 3.97. The van der Waals surface area contributed by atoms with E-state index in [0.717, 1.165) is 5.56 Å². The average Bonchev–Trinajstić information content (AvgIpc) is 3.39. The quantitative estimate of drug-likeness (QED) is 0.288. The summed E-state index contributed by atoms with van der Waals surface area (Å²) >= 11 is 0. The van der Waals surface area contributed by atoms with Crippen molar-refractivity contribution in [1.29, 1.82) is 0 Å². The second-order valence-corrected chi connectivity index (χ2v) is 7.47. The molecule has 4 aromatic rings. The van der Waals surface area contributed by atoms with E-state index in [1.54, 1.807) is 64.8 Å². The highest BCUT2D eigenvalue weighted by atomic mass is 16.5. The zero-order valence-corrected chi connectivity index (χ0v) is 20.2. The molecule has 0 spiro atoms. The van der Waals surface area contributed by atoms with Crippen molar-refractivity contribution in [1.82, 2.24) is 15.1 Å². The number of aromatic nitrogens is 4. The first-order valence-corrected chi connectivity index (χ1v) is 10.9. The van der Waals surface area contributed by atoms with E-state index in [-0.39, 0.29) is 13.2 Å². The van der Waals surface area contributed by atoms with E-state index in [4.69, 9.17) is 28.7 Å². The molecule has 2 aromatic heterocycles. The van der Waals surface area contributed by atoms with Crippen LogP contribution in [0.25, 0.3) is 22.0 Å². The molecule has 0 aliphatic carbocycles. The van der Waals surface area contributed by atoms with Crippen LogP contribution in [0.15, 0.2) is 43.0 Å². The van der Waals surface area contributed by atoms with E-state index >= 15 is 0 Å². The molecule has 10 heteroatoms. The average molecular weight is 480 g/mol. The van der Waals surface area contributed by atoms with Gasteiger partial charge >= 0.3 is 12.3 Å². The summed E-state index contributed by atoms with van der Waals surface area (Å²) in [5.41, 5.74) is 2.81. The second kappa shape index (κ2) is 10.3. The van der Waals surface area contributed by atoms with E-state index in [9.17, 15) is 4.79 Å². The van der Waals surface area contributed by atoms with Gasteiger partial charge in [0.15, 0.2) is 29.5 Å². The SMILES string of the molecule is CCOC(=O)c1c(C[n+]2cnc[nH]2)nc2cc(OC)c(OC)cc2c1-c1ccc(OC)c(OC)c1. The molecule has 0 radical (unpaired) electrons. The third-order valence-electron chi connectivity index (χ3n) is 5.54. The van der Waals surface area contributed by atoms with Gasteiger partial charge in [-0.25, -0.2) is 9.78 Å². The number of carbonyl (C=O) groups is 1. The Morgan fingerprint density at radius 1 is 0.943 bits per heavy atom. The van der Waals surface area contributed by atoms with Gasteiger partial charge in [-0.2, -0.15) is 9.78 Å². The fraction of sp³-hybridized carbons (Fsp3) is 0.280. The van der Waals surface area contributed by atoms with Gasteiger partial charge in [0.1, 0.15) is 0 Å².